The van der Waals surface area contributed by atoms with Crippen LogP contribution >= 0.6 is 34.8 Å². The van der Waals surface area contributed by atoms with E-state index in [0.717, 1.165) is 16.5 Å². The van der Waals surface area contributed by atoms with Crippen LogP contribution in [0.3, 0.4) is 0 Å². The van der Waals surface area contributed by atoms with Crippen LogP contribution < -0.4 is 10.1 Å². The summed E-state index contributed by atoms with van der Waals surface area (Å²) < 4.78 is 5.33. The zero-order valence-corrected chi connectivity index (χ0v) is 15.5. The van der Waals surface area contributed by atoms with E-state index in [-0.39, 0.29) is 15.8 Å². The molecule has 1 atom stereocenters. The van der Waals surface area contributed by atoms with Gasteiger partial charge in [0.1, 0.15) is 6.04 Å². The highest BCUT2D eigenvalue weighted by Gasteiger charge is 2.18. The summed E-state index contributed by atoms with van der Waals surface area (Å²) in [4.78, 5) is 12.3. The van der Waals surface area contributed by atoms with Crippen molar-refractivity contribution in [3.63, 3.8) is 0 Å². The van der Waals surface area contributed by atoms with Gasteiger partial charge in [-0.25, -0.2) is 4.79 Å². The van der Waals surface area contributed by atoms with Crippen molar-refractivity contribution < 1.29 is 9.53 Å². The first-order valence-corrected chi connectivity index (χ1v) is 8.69. The van der Waals surface area contributed by atoms with E-state index in [0.29, 0.717) is 5.02 Å². The SMILES string of the molecule is CC(Nc1ccc2ccccc2c1)C(=O)Oc1cc(Cl)c(Cl)cc1Cl. The molecule has 0 amide bonds. The predicted octanol–water partition coefficient (Wildman–Crippen LogP) is 6.21. The molecule has 1 unspecified atom stereocenters. The normalized spacial score (nSPS) is 12.0. The van der Waals surface area contributed by atoms with Crippen molar-refractivity contribution >= 4 is 57.2 Å². The lowest BCUT2D eigenvalue weighted by molar-refractivity contribution is -0.134. The van der Waals surface area contributed by atoms with Gasteiger partial charge in [-0.3, -0.25) is 0 Å². The molecule has 0 saturated heterocycles. The molecule has 0 bridgehead atoms. The molecule has 3 aromatic rings. The average molecular weight is 395 g/mol. The van der Waals surface area contributed by atoms with Crippen molar-refractivity contribution in [1.82, 2.24) is 0 Å². The van der Waals surface area contributed by atoms with Gasteiger partial charge in [-0.2, -0.15) is 0 Å². The molecule has 0 spiro atoms. The molecular weight excluding hydrogens is 381 g/mol. The second-order valence-corrected chi connectivity index (χ2v) is 6.77. The lowest BCUT2D eigenvalue weighted by Gasteiger charge is -2.15. The molecule has 0 aliphatic heterocycles. The van der Waals surface area contributed by atoms with E-state index < -0.39 is 12.0 Å². The minimum absolute atomic E-state index is 0.174. The summed E-state index contributed by atoms with van der Waals surface area (Å²) in [5, 5.41) is 6.13. The van der Waals surface area contributed by atoms with Crippen molar-refractivity contribution in [3.05, 3.63) is 69.7 Å². The van der Waals surface area contributed by atoms with Crippen LogP contribution in [0.15, 0.2) is 54.6 Å². The van der Waals surface area contributed by atoms with Crippen LogP contribution in [-0.4, -0.2) is 12.0 Å². The van der Waals surface area contributed by atoms with E-state index in [1.54, 1.807) is 6.92 Å². The first-order chi connectivity index (χ1) is 11.9. The maximum Gasteiger partial charge on any atom is 0.333 e. The van der Waals surface area contributed by atoms with Gasteiger partial charge in [-0.15, -0.1) is 0 Å². The zero-order valence-electron chi connectivity index (χ0n) is 13.2. The summed E-state index contributed by atoms with van der Waals surface area (Å²) in [5.41, 5.74) is 0.823. The molecule has 1 N–H and O–H groups in total. The average Bonchev–Trinajstić information content (AvgIpc) is 2.59. The van der Waals surface area contributed by atoms with E-state index in [9.17, 15) is 4.79 Å². The fourth-order valence-electron chi connectivity index (χ4n) is 2.37. The van der Waals surface area contributed by atoms with Gasteiger partial charge in [0.25, 0.3) is 0 Å². The number of carbonyl (C=O) groups is 1. The largest absolute Gasteiger partial charge is 0.423 e. The summed E-state index contributed by atoms with van der Waals surface area (Å²) in [5.74, 6) is -0.304. The molecule has 0 heterocycles. The third kappa shape index (κ3) is 4.18. The molecule has 3 rings (SSSR count). The Hall–Kier alpha value is -1.94. The quantitative estimate of drug-likeness (QED) is 0.325. The Balaban J connectivity index is 1.72. The highest BCUT2D eigenvalue weighted by atomic mass is 35.5. The summed E-state index contributed by atoms with van der Waals surface area (Å²) >= 11 is 17.8. The van der Waals surface area contributed by atoms with Gasteiger partial charge in [-0.1, -0.05) is 65.1 Å². The third-order valence-electron chi connectivity index (χ3n) is 3.67. The Bertz CT molecular complexity index is 943. The molecule has 3 nitrogen and oxygen atoms in total. The van der Waals surface area contributed by atoms with E-state index in [1.807, 2.05) is 42.5 Å². The van der Waals surface area contributed by atoms with Crippen LogP contribution in [0.25, 0.3) is 10.8 Å². The Labute approximate surface area is 160 Å². The number of halogens is 3. The van der Waals surface area contributed by atoms with E-state index in [2.05, 4.69) is 5.32 Å². The Morgan fingerprint density at radius 1 is 0.920 bits per heavy atom. The van der Waals surface area contributed by atoms with Crippen LogP contribution in [0.1, 0.15) is 6.92 Å². The fourth-order valence-corrected chi connectivity index (χ4v) is 2.94. The summed E-state index contributed by atoms with van der Waals surface area (Å²) in [6.45, 7) is 1.71. The van der Waals surface area contributed by atoms with E-state index in [4.69, 9.17) is 39.5 Å². The number of rotatable bonds is 4. The number of ether oxygens (including phenoxy) is 1. The Morgan fingerprint density at radius 3 is 2.36 bits per heavy atom. The van der Waals surface area contributed by atoms with Gasteiger partial charge in [0.15, 0.2) is 5.75 Å². The van der Waals surface area contributed by atoms with Crippen molar-refractivity contribution in [1.29, 1.82) is 0 Å². The van der Waals surface area contributed by atoms with Crippen LogP contribution in [0, 0.1) is 0 Å². The van der Waals surface area contributed by atoms with Crippen molar-refractivity contribution in [2.75, 3.05) is 5.32 Å². The number of esters is 1. The monoisotopic (exact) mass is 393 g/mol. The molecule has 0 aromatic heterocycles. The molecule has 0 radical (unpaired) electrons. The maximum absolute atomic E-state index is 12.3. The number of benzene rings is 3. The minimum atomic E-state index is -0.577. The van der Waals surface area contributed by atoms with Gasteiger partial charge in [0.2, 0.25) is 0 Å². The molecule has 128 valence electrons. The standard InChI is InChI=1S/C19H14Cl3NO2/c1-11(19(24)25-18-10-16(21)15(20)9-17(18)22)23-14-7-6-12-4-2-3-5-13(12)8-14/h2-11,23H,1H3. The second-order valence-electron chi connectivity index (χ2n) is 5.55. The van der Waals surface area contributed by atoms with Crippen molar-refractivity contribution in [3.8, 4) is 5.75 Å². The summed E-state index contributed by atoms with van der Waals surface area (Å²) in [6, 6.07) is 16.2. The van der Waals surface area contributed by atoms with Gasteiger partial charge < -0.3 is 10.1 Å². The first-order valence-electron chi connectivity index (χ1n) is 7.55. The molecular formula is C19H14Cl3NO2. The number of anilines is 1. The highest BCUT2D eigenvalue weighted by Crippen LogP contribution is 2.34. The number of hydrogen-bond donors (Lipinski definition) is 1. The summed E-state index contributed by atoms with van der Waals surface area (Å²) in [6.07, 6.45) is 0. The Kier molecular flexibility index (Phi) is 5.38. The molecule has 0 fully saturated rings. The number of fused-ring (bicyclic) bond motifs is 1. The molecule has 3 aromatic carbocycles. The van der Waals surface area contributed by atoms with E-state index in [1.165, 1.54) is 12.1 Å². The molecule has 25 heavy (non-hydrogen) atoms. The fraction of sp³-hybridized carbons (Fsp3) is 0.105. The zero-order chi connectivity index (χ0) is 18.0. The topological polar surface area (TPSA) is 38.3 Å². The maximum atomic E-state index is 12.3. The lowest BCUT2D eigenvalue weighted by Crippen LogP contribution is -2.30. The molecule has 0 aliphatic rings. The number of hydrogen-bond acceptors (Lipinski definition) is 3. The second kappa shape index (κ2) is 7.52. The van der Waals surface area contributed by atoms with Gasteiger partial charge in [-0.05, 0) is 35.9 Å². The molecule has 0 saturated carbocycles. The molecule has 0 aliphatic carbocycles. The predicted molar refractivity (Wildman–Crippen MR) is 104 cm³/mol. The van der Waals surface area contributed by atoms with Crippen molar-refractivity contribution in [2.24, 2.45) is 0 Å². The smallest absolute Gasteiger partial charge is 0.333 e. The summed E-state index contributed by atoms with van der Waals surface area (Å²) in [7, 11) is 0. The van der Waals surface area contributed by atoms with Crippen LogP contribution in [0.2, 0.25) is 15.1 Å². The van der Waals surface area contributed by atoms with Crippen LogP contribution in [0.5, 0.6) is 5.75 Å². The lowest BCUT2D eigenvalue weighted by atomic mass is 10.1. The van der Waals surface area contributed by atoms with Crippen molar-refractivity contribution in [2.45, 2.75) is 13.0 Å². The number of nitrogens with one attached hydrogen (secondary N) is 1. The first kappa shape index (κ1) is 17.9. The van der Waals surface area contributed by atoms with Gasteiger partial charge >= 0.3 is 5.97 Å². The number of carbonyl (C=O) groups excluding carboxylic acids is 1. The van der Waals surface area contributed by atoms with Crippen LogP contribution in [0.4, 0.5) is 5.69 Å². The van der Waals surface area contributed by atoms with Gasteiger partial charge in [0.05, 0.1) is 15.1 Å². The van der Waals surface area contributed by atoms with E-state index >= 15 is 0 Å². The van der Waals surface area contributed by atoms with Crippen LogP contribution in [-0.2, 0) is 4.79 Å². The van der Waals surface area contributed by atoms with Gasteiger partial charge in [0, 0.05) is 11.8 Å². The molecule has 6 heteroatoms. The minimum Gasteiger partial charge on any atom is -0.423 e. The third-order valence-corrected chi connectivity index (χ3v) is 4.69. The highest BCUT2D eigenvalue weighted by molar-refractivity contribution is 6.43. The Morgan fingerprint density at radius 2 is 1.60 bits per heavy atom.